The van der Waals surface area contributed by atoms with E-state index in [0.717, 1.165) is 0 Å². The topological polar surface area (TPSA) is 83.5 Å². The van der Waals surface area contributed by atoms with Crippen molar-refractivity contribution in [2.75, 3.05) is 10.5 Å². The minimum Gasteiger partial charge on any atom is -0.478 e. The third-order valence-electron chi connectivity index (χ3n) is 2.63. The molecule has 0 aliphatic rings. The lowest BCUT2D eigenvalue weighted by Gasteiger charge is -2.12. The maximum Gasteiger partial charge on any atom is 0.389 e. The zero-order valence-corrected chi connectivity index (χ0v) is 11.9. The normalized spacial score (nSPS) is 12.2. The van der Waals surface area contributed by atoms with Crippen molar-refractivity contribution >= 4 is 21.7 Å². The molecule has 2 N–H and O–H groups in total. The Bertz CT molecular complexity index is 626. The van der Waals surface area contributed by atoms with Gasteiger partial charge in [0.15, 0.2) is 0 Å². The van der Waals surface area contributed by atoms with Crippen LogP contribution in [0.15, 0.2) is 18.2 Å². The van der Waals surface area contributed by atoms with Crippen LogP contribution in [0.5, 0.6) is 0 Å². The highest BCUT2D eigenvalue weighted by Crippen LogP contribution is 2.23. The zero-order chi connectivity index (χ0) is 16.3. The number of sulfonamides is 1. The number of aryl methyl sites for hydroxylation is 1. The van der Waals surface area contributed by atoms with Crippen molar-refractivity contribution in [1.82, 2.24) is 0 Å². The van der Waals surface area contributed by atoms with E-state index in [-0.39, 0.29) is 11.3 Å². The number of carboxylic acid groups (broad SMARTS) is 1. The summed E-state index contributed by atoms with van der Waals surface area (Å²) in [7, 11) is -4.04. The van der Waals surface area contributed by atoms with Crippen LogP contribution >= 0.6 is 0 Å². The molecular formula is C12H14F3NO4S. The van der Waals surface area contributed by atoms with Gasteiger partial charge in [0.1, 0.15) is 0 Å². The maximum atomic E-state index is 12.0. The number of anilines is 1. The first kappa shape index (κ1) is 17.3. The Morgan fingerprint density at radius 2 is 1.95 bits per heavy atom. The third kappa shape index (κ3) is 5.62. The Balaban J connectivity index is 2.85. The van der Waals surface area contributed by atoms with E-state index >= 15 is 0 Å². The summed E-state index contributed by atoms with van der Waals surface area (Å²) < 4.78 is 61.4. The molecule has 1 aromatic carbocycles. The Morgan fingerprint density at radius 3 is 2.48 bits per heavy atom. The van der Waals surface area contributed by atoms with E-state index in [0.29, 0.717) is 5.56 Å². The predicted molar refractivity (Wildman–Crippen MR) is 70.8 cm³/mol. The Hall–Kier alpha value is -1.77. The van der Waals surface area contributed by atoms with Crippen LogP contribution in [0.2, 0.25) is 0 Å². The molecule has 0 fully saturated rings. The van der Waals surface area contributed by atoms with E-state index < -0.39 is 40.8 Å². The van der Waals surface area contributed by atoms with Gasteiger partial charge in [-0.3, -0.25) is 4.72 Å². The molecule has 0 aliphatic heterocycles. The second-order valence-corrected chi connectivity index (χ2v) is 6.28. The van der Waals surface area contributed by atoms with E-state index in [1.54, 1.807) is 0 Å². The number of carboxylic acids is 1. The number of aromatic carboxylic acids is 1. The number of hydrogen-bond donors (Lipinski definition) is 2. The quantitative estimate of drug-likeness (QED) is 0.842. The number of rotatable bonds is 6. The van der Waals surface area contributed by atoms with Crippen molar-refractivity contribution < 1.29 is 31.5 Å². The van der Waals surface area contributed by atoms with Gasteiger partial charge in [0.25, 0.3) is 0 Å². The molecule has 5 nitrogen and oxygen atoms in total. The summed E-state index contributed by atoms with van der Waals surface area (Å²) >= 11 is 0. The van der Waals surface area contributed by atoms with Crippen molar-refractivity contribution in [1.29, 1.82) is 0 Å². The number of halogens is 3. The first-order chi connectivity index (χ1) is 9.52. The molecule has 118 valence electrons. The second-order valence-electron chi connectivity index (χ2n) is 4.44. The molecule has 21 heavy (non-hydrogen) atoms. The highest BCUT2D eigenvalue weighted by atomic mass is 32.2. The fraction of sp³-hybridized carbons (Fsp3) is 0.417. The Morgan fingerprint density at radius 1 is 1.33 bits per heavy atom. The van der Waals surface area contributed by atoms with Gasteiger partial charge in [-0.15, -0.1) is 0 Å². The Labute approximate surface area is 119 Å². The van der Waals surface area contributed by atoms with Crippen molar-refractivity contribution in [3.05, 3.63) is 29.3 Å². The van der Waals surface area contributed by atoms with Crippen LogP contribution in [0.1, 0.15) is 28.8 Å². The predicted octanol–water partition coefficient (Wildman–Crippen LogP) is 2.78. The molecule has 0 unspecified atom stereocenters. The summed E-state index contributed by atoms with van der Waals surface area (Å²) in [4.78, 5) is 11.1. The van der Waals surface area contributed by atoms with Gasteiger partial charge in [0.05, 0.1) is 17.0 Å². The summed E-state index contributed by atoms with van der Waals surface area (Å²) in [6, 6.07) is 4.19. The van der Waals surface area contributed by atoms with Crippen molar-refractivity contribution in [3.8, 4) is 0 Å². The minimum atomic E-state index is -4.43. The fourth-order valence-corrected chi connectivity index (χ4v) is 2.85. The molecule has 0 heterocycles. The largest absolute Gasteiger partial charge is 0.478 e. The van der Waals surface area contributed by atoms with Gasteiger partial charge in [-0.1, -0.05) is 12.1 Å². The van der Waals surface area contributed by atoms with Crippen LogP contribution in [-0.2, 0) is 10.0 Å². The lowest BCUT2D eigenvalue weighted by Crippen LogP contribution is -2.20. The lowest BCUT2D eigenvalue weighted by molar-refractivity contribution is -0.134. The summed E-state index contributed by atoms with van der Waals surface area (Å²) in [6.07, 6.45) is -6.23. The van der Waals surface area contributed by atoms with Crippen LogP contribution in [0.3, 0.4) is 0 Å². The highest BCUT2D eigenvalue weighted by molar-refractivity contribution is 7.92. The molecule has 1 rings (SSSR count). The molecule has 0 radical (unpaired) electrons. The molecule has 0 aromatic heterocycles. The van der Waals surface area contributed by atoms with E-state index in [1.807, 2.05) is 4.72 Å². The Kier molecular flexibility index (Phi) is 5.21. The number of nitrogens with one attached hydrogen (secondary N) is 1. The van der Waals surface area contributed by atoms with Crippen LogP contribution < -0.4 is 4.72 Å². The molecule has 9 heteroatoms. The standard InChI is InChI=1S/C12H14F3NO4S/c1-8-4-2-5-9(10(8)11(17)18)16-21(19,20)7-3-6-12(13,14)15/h2,4-5,16H,3,6-7H2,1H3,(H,17,18). The number of alkyl halides is 3. The number of benzene rings is 1. The van der Waals surface area contributed by atoms with E-state index in [9.17, 15) is 26.4 Å². The smallest absolute Gasteiger partial charge is 0.389 e. The molecule has 0 saturated carbocycles. The van der Waals surface area contributed by atoms with Gasteiger partial charge < -0.3 is 5.11 Å². The lowest BCUT2D eigenvalue weighted by atomic mass is 10.1. The van der Waals surface area contributed by atoms with Crippen molar-refractivity contribution in [2.45, 2.75) is 25.9 Å². The average Bonchev–Trinajstić information content (AvgIpc) is 2.25. The van der Waals surface area contributed by atoms with Gasteiger partial charge in [0.2, 0.25) is 10.0 Å². The molecule has 0 saturated heterocycles. The molecule has 0 aliphatic carbocycles. The first-order valence-corrected chi connectivity index (χ1v) is 7.57. The van der Waals surface area contributed by atoms with Crippen LogP contribution in [-0.4, -0.2) is 31.4 Å². The summed E-state index contributed by atoms with van der Waals surface area (Å²) in [5.41, 5.74) is -0.0376. The van der Waals surface area contributed by atoms with Crippen LogP contribution in [0, 0.1) is 6.92 Å². The van der Waals surface area contributed by atoms with E-state index in [2.05, 4.69) is 0 Å². The molecule has 0 amide bonds. The third-order valence-corrected chi connectivity index (χ3v) is 3.98. The summed E-state index contributed by atoms with van der Waals surface area (Å²) in [6.45, 7) is 1.49. The fourth-order valence-electron chi connectivity index (χ4n) is 1.72. The minimum absolute atomic E-state index is 0.158. The first-order valence-electron chi connectivity index (χ1n) is 5.92. The zero-order valence-electron chi connectivity index (χ0n) is 11.1. The summed E-state index contributed by atoms with van der Waals surface area (Å²) in [5.74, 6) is -2.06. The van der Waals surface area contributed by atoms with Gasteiger partial charge in [-0.05, 0) is 25.0 Å². The van der Waals surface area contributed by atoms with Gasteiger partial charge in [-0.2, -0.15) is 13.2 Å². The monoisotopic (exact) mass is 325 g/mol. The molecular weight excluding hydrogens is 311 g/mol. The maximum absolute atomic E-state index is 12.0. The molecule has 0 spiro atoms. The van der Waals surface area contributed by atoms with E-state index in [1.165, 1.54) is 25.1 Å². The van der Waals surface area contributed by atoms with Crippen molar-refractivity contribution in [2.24, 2.45) is 0 Å². The molecule has 1 aromatic rings. The second kappa shape index (κ2) is 6.33. The number of carbonyl (C=O) groups is 1. The highest BCUT2D eigenvalue weighted by Gasteiger charge is 2.27. The average molecular weight is 325 g/mol. The summed E-state index contributed by atoms with van der Waals surface area (Å²) in [5, 5.41) is 9.04. The van der Waals surface area contributed by atoms with Crippen LogP contribution in [0.4, 0.5) is 18.9 Å². The van der Waals surface area contributed by atoms with E-state index in [4.69, 9.17) is 5.11 Å². The van der Waals surface area contributed by atoms with Gasteiger partial charge in [-0.25, -0.2) is 13.2 Å². The van der Waals surface area contributed by atoms with Crippen LogP contribution in [0.25, 0.3) is 0 Å². The van der Waals surface area contributed by atoms with Gasteiger partial charge in [0, 0.05) is 6.42 Å². The number of hydrogen-bond acceptors (Lipinski definition) is 3. The van der Waals surface area contributed by atoms with Gasteiger partial charge >= 0.3 is 12.1 Å². The molecule has 0 atom stereocenters. The SMILES string of the molecule is Cc1cccc(NS(=O)(=O)CCCC(F)(F)F)c1C(=O)O. The van der Waals surface area contributed by atoms with Crippen molar-refractivity contribution in [3.63, 3.8) is 0 Å². The molecule has 0 bridgehead atoms.